The van der Waals surface area contributed by atoms with Crippen molar-refractivity contribution in [3.05, 3.63) is 34.6 Å². The molecule has 1 aliphatic rings. The van der Waals surface area contributed by atoms with E-state index in [1.165, 1.54) is 22.5 Å². The van der Waals surface area contributed by atoms with Crippen molar-refractivity contribution >= 4 is 21.6 Å². The number of rotatable bonds is 4. The number of sulfonamides is 1. The van der Waals surface area contributed by atoms with E-state index in [4.69, 9.17) is 17.3 Å². The summed E-state index contributed by atoms with van der Waals surface area (Å²) in [5, 5.41) is -0.0632. The van der Waals surface area contributed by atoms with Gasteiger partial charge in [0.15, 0.2) is 0 Å². The summed E-state index contributed by atoms with van der Waals surface area (Å²) in [7, 11) is -3.46. The third-order valence-electron chi connectivity index (χ3n) is 3.54. The minimum absolute atomic E-state index is 0.0632. The highest BCUT2D eigenvalue weighted by Crippen LogP contribution is 2.24. The third kappa shape index (κ3) is 3.49. The second kappa shape index (κ2) is 6.39. The molecule has 0 amide bonds. The van der Waals surface area contributed by atoms with Crippen LogP contribution in [0.3, 0.4) is 0 Å². The molecule has 1 aromatic carbocycles. The Labute approximate surface area is 123 Å². The summed E-state index contributed by atoms with van der Waals surface area (Å²) >= 11 is 5.68. The summed E-state index contributed by atoms with van der Waals surface area (Å²) in [6.45, 7) is 0.822. The molecule has 7 heteroatoms. The highest BCUT2D eigenvalue weighted by Gasteiger charge is 2.31. The Kier molecular flexibility index (Phi) is 5.01. The van der Waals surface area contributed by atoms with Crippen LogP contribution < -0.4 is 5.73 Å². The molecule has 0 aliphatic carbocycles. The third-order valence-corrected chi connectivity index (χ3v) is 5.72. The minimum atomic E-state index is -3.46. The van der Waals surface area contributed by atoms with E-state index in [0.717, 1.165) is 19.3 Å². The zero-order valence-corrected chi connectivity index (χ0v) is 12.6. The lowest BCUT2D eigenvalue weighted by molar-refractivity contribution is 0.257. The zero-order valence-electron chi connectivity index (χ0n) is 11.1. The number of hydrogen-bond donors (Lipinski definition) is 1. The van der Waals surface area contributed by atoms with Gasteiger partial charge in [0.25, 0.3) is 0 Å². The highest BCUT2D eigenvalue weighted by atomic mass is 35.5. The molecule has 0 saturated carbocycles. The van der Waals surface area contributed by atoms with Gasteiger partial charge in [0.1, 0.15) is 5.82 Å². The standard InChI is InChI=1S/C13H18ClFN2O2S/c14-12-7-10(4-5-13(12)15)9-20(18,19)17-6-2-1-3-11(17)8-16/h4-5,7,11H,1-3,6,8-9,16H2. The summed E-state index contributed by atoms with van der Waals surface area (Å²) in [5.74, 6) is -0.727. The van der Waals surface area contributed by atoms with Gasteiger partial charge in [-0.15, -0.1) is 0 Å². The highest BCUT2D eigenvalue weighted by molar-refractivity contribution is 7.88. The van der Waals surface area contributed by atoms with Gasteiger partial charge in [-0.25, -0.2) is 12.8 Å². The van der Waals surface area contributed by atoms with Crippen LogP contribution in [-0.4, -0.2) is 31.9 Å². The molecule has 2 N–H and O–H groups in total. The number of nitrogens with zero attached hydrogens (tertiary/aromatic N) is 1. The molecule has 0 radical (unpaired) electrons. The first kappa shape index (κ1) is 15.7. The van der Waals surface area contributed by atoms with E-state index in [9.17, 15) is 12.8 Å². The molecule has 0 spiro atoms. The summed E-state index contributed by atoms with van der Waals surface area (Å²) in [6, 6.07) is 3.85. The lowest BCUT2D eigenvalue weighted by Crippen LogP contribution is -2.47. The van der Waals surface area contributed by atoms with Crippen molar-refractivity contribution in [1.29, 1.82) is 0 Å². The Hall–Kier alpha value is -0.690. The molecule has 112 valence electrons. The van der Waals surface area contributed by atoms with E-state index in [1.54, 1.807) is 0 Å². The van der Waals surface area contributed by atoms with Gasteiger partial charge >= 0.3 is 0 Å². The molecule has 1 heterocycles. The van der Waals surface area contributed by atoms with Crippen LogP contribution in [0.1, 0.15) is 24.8 Å². The molecule has 4 nitrogen and oxygen atoms in total. The first-order valence-corrected chi connectivity index (χ1v) is 8.56. The molecule has 1 unspecified atom stereocenters. The van der Waals surface area contributed by atoms with Crippen molar-refractivity contribution in [2.24, 2.45) is 5.73 Å². The fraction of sp³-hybridized carbons (Fsp3) is 0.538. The molecule has 1 aliphatic heterocycles. The van der Waals surface area contributed by atoms with E-state index < -0.39 is 15.8 Å². The van der Waals surface area contributed by atoms with Crippen molar-refractivity contribution in [1.82, 2.24) is 4.31 Å². The second-order valence-electron chi connectivity index (χ2n) is 5.00. The van der Waals surface area contributed by atoms with Crippen LogP contribution in [0.25, 0.3) is 0 Å². The van der Waals surface area contributed by atoms with Crippen molar-refractivity contribution in [2.45, 2.75) is 31.1 Å². The first-order valence-electron chi connectivity index (χ1n) is 6.57. The monoisotopic (exact) mass is 320 g/mol. The van der Waals surface area contributed by atoms with Gasteiger partial charge in [-0.3, -0.25) is 0 Å². The minimum Gasteiger partial charge on any atom is -0.329 e. The fourth-order valence-electron chi connectivity index (χ4n) is 2.50. The van der Waals surface area contributed by atoms with Crippen LogP contribution in [0.5, 0.6) is 0 Å². The van der Waals surface area contributed by atoms with Gasteiger partial charge in [-0.05, 0) is 30.5 Å². The fourth-order valence-corrected chi connectivity index (χ4v) is 4.52. The topological polar surface area (TPSA) is 63.4 Å². The first-order chi connectivity index (χ1) is 9.44. The van der Waals surface area contributed by atoms with Crippen molar-refractivity contribution in [3.63, 3.8) is 0 Å². The molecule has 1 atom stereocenters. The van der Waals surface area contributed by atoms with Crippen LogP contribution in [0.2, 0.25) is 5.02 Å². The average molecular weight is 321 g/mol. The van der Waals surface area contributed by atoms with Gasteiger partial charge in [-0.2, -0.15) is 4.31 Å². The molecule has 0 bridgehead atoms. The normalized spacial score (nSPS) is 21.1. The molecule has 0 aromatic heterocycles. The Balaban J connectivity index is 2.19. The summed E-state index contributed by atoms with van der Waals surface area (Å²) in [5.41, 5.74) is 6.13. The SMILES string of the molecule is NCC1CCCCN1S(=O)(=O)Cc1ccc(F)c(Cl)c1. The van der Waals surface area contributed by atoms with Crippen LogP contribution in [0.15, 0.2) is 18.2 Å². The molecular weight excluding hydrogens is 303 g/mol. The number of piperidine rings is 1. The van der Waals surface area contributed by atoms with Crippen LogP contribution in [0.4, 0.5) is 4.39 Å². The Bertz CT molecular complexity index is 580. The average Bonchev–Trinajstić information content (AvgIpc) is 2.42. The lowest BCUT2D eigenvalue weighted by atomic mass is 10.1. The van der Waals surface area contributed by atoms with E-state index in [-0.39, 0.29) is 16.8 Å². The summed E-state index contributed by atoms with van der Waals surface area (Å²) in [6.07, 6.45) is 2.63. The van der Waals surface area contributed by atoms with Crippen LogP contribution in [0, 0.1) is 5.82 Å². The van der Waals surface area contributed by atoms with Gasteiger partial charge < -0.3 is 5.73 Å². The summed E-state index contributed by atoms with van der Waals surface area (Å²) < 4.78 is 39.5. The van der Waals surface area contributed by atoms with E-state index in [0.29, 0.717) is 18.7 Å². The molecule has 1 fully saturated rings. The van der Waals surface area contributed by atoms with Crippen LogP contribution >= 0.6 is 11.6 Å². The quantitative estimate of drug-likeness (QED) is 0.924. The maximum Gasteiger partial charge on any atom is 0.218 e. The number of halogens is 2. The molecule has 1 saturated heterocycles. The van der Waals surface area contributed by atoms with Gasteiger partial charge in [0.2, 0.25) is 10.0 Å². The molecule has 1 aromatic rings. The molecule has 2 rings (SSSR count). The predicted octanol–water partition coefficient (Wildman–Crippen LogP) is 2.12. The van der Waals surface area contributed by atoms with E-state index >= 15 is 0 Å². The largest absolute Gasteiger partial charge is 0.329 e. The van der Waals surface area contributed by atoms with E-state index in [1.807, 2.05) is 0 Å². The zero-order chi connectivity index (χ0) is 14.8. The van der Waals surface area contributed by atoms with Gasteiger partial charge in [-0.1, -0.05) is 24.1 Å². The Morgan fingerprint density at radius 1 is 1.40 bits per heavy atom. The predicted molar refractivity (Wildman–Crippen MR) is 77.4 cm³/mol. The lowest BCUT2D eigenvalue weighted by Gasteiger charge is -2.33. The second-order valence-corrected chi connectivity index (χ2v) is 7.33. The number of benzene rings is 1. The number of hydrogen-bond acceptors (Lipinski definition) is 3. The van der Waals surface area contributed by atoms with Gasteiger partial charge in [0.05, 0.1) is 10.8 Å². The van der Waals surface area contributed by atoms with Crippen molar-refractivity contribution in [2.75, 3.05) is 13.1 Å². The molecular formula is C13H18ClFN2O2S. The Morgan fingerprint density at radius 2 is 2.15 bits per heavy atom. The number of nitrogens with two attached hydrogens (primary N) is 1. The van der Waals surface area contributed by atoms with Gasteiger partial charge in [0, 0.05) is 19.1 Å². The maximum absolute atomic E-state index is 13.1. The van der Waals surface area contributed by atoms with Crippen molar-refractivity contribution in [3.8, 4) is 0 Å². The van der Waals surface area contributed by atoms with Crippen LogP contribution in [-0.2, 0) is 15.8 Å². The molecule has 20 heavy (non-hydrogen) atoms. The van der Waals surface area contributed by atoms with E-state index in [2.05, 4.69) is 0 Å². The maximum atomic E-state index is 13.1. The Morgan fingerprint density at radius 3 is 2.80 bits per heavy atom. The smallest absolute Gasteiger partial charge is 0.218 e. The summed E-state index contributed by atoms with van der Waals surface area (Å²) in [4.78, 5) is 0. The van der Waals surface area contributed by atoms with Crippen molar-refractivity contribution < 1.29 is 12.8 Å².